The van der Waals surface area contributed by atoms with Gasteiger partial charge in [-0.15, -0.1) is 0 Å². The number of nitrogens with zero attached hydrogens (tertiary/aromatic N) is 1. The van der Waals surface area contributed by atoms with Crippen LogP contribution in [0.15, 0.2) is 4.99 Å². The smallest absolute Gasteiger partial charge is 0.0763 e. The molecule has 1 aliphatic rings. The van der Waals surface area contributed by atoms with Crippen molar-refractivity contribution in [1.29, 1.82) is 0 Å². The summed E-state index contributed by atoms with van der Waals surface area (Å²) in [6.07, 6.45) is 4.20. The highest BCUT2D eigenvalue weighted by atomic mass is 16.3. The Bertz CT molecular complexity index is 150. The second-order valence-corrected chi connectivity index (χ2v) is 3.50. The van der Waals surface area contributed by atoms with Crippen molar-refractivity contribution >= 4 is 5.71 Å². The van der Waals surface area contributed by atoms with Gasteiger partial charge in [-0.3, -0.25) is 4.99 Å². The molecule has 11 heavy (non-hydrogen) atoms. The van der Waals surface area contributed by atoms with Crippen LogP contribution in [-0.4, -0.2) is 23.0 Å². The predicted molar refractivity (Wildman–Crippen MR) is 47.0 cm³/mol. The van der Waals surface area contributed by atoms with Gasteiger partial charge in [-0.25, -0.2) is 0 Å². The van der Waals surface area contributed by atoms with E-state index in [-0.39, 0.29) is 12.1 Å². The summed E-state index contributed by atoms with van der Waals surface area (Å²) in [5.41, 5.74) is 1.08. The lowest BCUT2D eigenvalue weighted by Gasteiger charge is -2.24. The van der Waals surface area contributed by atoms with Gasteiger partial charge in [0.05, 0.1) is 12.1 Å². The van der Waals surface area contributed by atoms with Gasteiger partial charge in [0.1, 0.15) is 0 Å². The van der Waals surface area contributed by atoms with E-state index in [4.69, 9.17) is 0 Å². The molecule has 0 aliphatic heterocycles. The molecule has 0 saturated heterocycles. The van der Waals surface area contributed by atoms with E-state index in [1.807, 2.05) is 13.8 Å². The highest BCUT2D eigenvalue weighted by Crippen LogP contribution is 2.21. The van der Waals surface area contributed by atoms with Crippen molar-refractivity contribution in [2.45, 2.75) is 51.7 Å². The fraction of sp³-hybridized carbons (Fsp3) is 0.889. The van der Waals surface area contributed by atoms with E-state index in [0.717, 1.165) is 25.0 Å². The Morgan fingerprint density at radius 1 is 1.27 bits per heavy atom. The van der Waals surface area contributed by atoms with Crippen LogP contribution in [0.4, 0.5) is 0 Å². The summed E-state index contributed by atoms with van der Waals surface area (Å²) in [7, 11) is 0. The number of hydrogen-bond acceptors (Lipinski definition) is 2. The average Bonchev–Trinajstić information content (AvgIpc) is 1.93. The minimum Gasteiger partial charge on any atom is -0.391 e. The normalized spacial score (nSPS) is 31.5. The minimum absolute atomic E-state index is 0.182. The van der Waals surface area contributed by atoms with Crippen LogP contribution >= 0.6 is 0 Å². The summed E-state index contributed by atoms with van der Waals surface area (Å²) >= 11 is 0. The second-order valence-electron chi connectivity index (χ2n) is 3.50. The molecule has 64 valence electrons. The van der Waals surface area contributed by atoms with Crippen LogP contribution in [0.5, 0.6) is 0 Å². The van der Waals surface area contributed by atoms with E-state index in [1.165, 1.54) is 6.42 Å². The molecule has 1 rings (SSSR count). The largest absolute Gasteiger partial charge is 0.391 e. The zero-order valence-electron chi connectivity index (χ0n) is 7.38. The molecule has 0 radical (unpaired) electrons. The third-order valence-corrected chi connectivity index (χ3v) is 2.12. The Morgan fingerprint density at radius 2 is 1.91 bits per heavy atom. The van der Waals surface area contributed by atoms with Crippen molar-refractivity contribution in [3.8, 4) is 0 Å². The summed E-state index contributed by atoms with van der Waals surface area (Å²) in [6.45, 7) is 3.97. The Labute approximate surface area is 68.3 Å². The first-order chi connectivity index (χ1) is 5.20. The first kappa shape index (κ1) is 8.72. The molecule has 0 aromatic heterocycles. The Morgan fingerprint density at radius 3 is 2.45 bits per heavy atom. The van der Waals surface area contributed by atoms with Gasteiger partial charge in [-0.2, -0.15) is 0 Å². The average molecular weight is 155 g/mol. The van der Waals surface area contributed by atoms with Crippen molar-refractivity contribution in [3.63, 3.8) is 0 Å². The van der Waals surface area contributed by atoms with Crippen LogP contribution < -0.4 is 0 Å². The molecule has 2 atom stereocenters. The molecule has 0 bridgehead atoms. The molecular weight excluding hydrogens is 138 g/mol. The van der Waals surface area contributed by atoms with Crippen molar-refractivity contribution in [2.75, 3.05) is 0 Å². The molecule has 0 aromatic rings. The number of rotatable bonds is 1. The standard InChI is InChI=1S/C9H17NO/c1-7(2)10-8-5-3-4-6-9(8)11/h8-9,11H,3-6H2,1-2H3/t8-,9-/m1/s1. The Kier molecular flexibility index (Phi) is 3.06. The van der Waals surface area contributed by atoms with E-state index in [0.29, 0.717) is 0 Å². The van der Waals surface area contributed by atoms with E-state index < -0.39 is 0 Å². The third kappa shape index (κ3) is 2.62. The first-order valence-electron chi connectivity index (χ1n) is 4.39. The van der Waals surface area contributed by atoms with Gasteiger partial charge in [0.2, 0.25) is 0 Å². The molecule has 0 amide bonds. The highest BCUT2D eigenvalue weighted by Gasteiger charge is 2.21. The van der Waals surface area contributed by atoms with Crippen LogP contribution in [0.1, 0.15) is 39.5 Å². The fourth-order valence-electron chi connectivity index (χ4n) is 1.57. The maximum absolute atomic E-state index is 9.51. The molecule has 0 unspecified atom stereocenters. The van der Waals surface area contributed by atoms with Gasteiger partial charge in [-0.1, -0.05) is 12.8 Å². The van der Waals surface area contributed by atoms with Crippen LogP contribution in [0.2, 0.25) is 0 Å². The topological polar surface area (TPSA) is 32.6 Å². The summed E-state index contributed by atoms with van der Waals surface area (Å²) in [5.74, 6) is 0. The van der Waals surface area contributed by atoms with Gasteiger partial charge in [0.15, 0.2) is 0 Å². The lowest BCUT2D eigenvalue weighted by atomic mass is 9.93. The van der Waals surface area contributed by atoms with E-state index in [9.17, 15) is 5.11 Å². The molecule has 1 fully saturated rings. The number of aliphatic hydroxyl groups excluding tert-OH is 1. The third-order valence-electron chi connectivity index (χ3n) is 2.12. The quantitative estimate of drug-likeness (QED) is 0.575. The zero-order valence-corrected chi connectivity index (χ0v) is 7.38. The minimum atomic E-state index is -0.182. The molecule has 0 aromatic carbocycles. The van der Waals surface area contributed by atoms with E-state index in [1.54, 1.807) is 0 Å². The van der Waals surface area contributed by atoms with Gasteiger partial charge >= 0.3 is 0 Å². The molecule has 2 nitrogen and oxygen atoms in total. The van der Waals surface area contributed by atoms with Crippen LogP contribution in [0.3, 0.4) is 0 Å². The summed E-state index contributed by atoms with van der Waals surface area (Å²) in [6, 6.07) is 0.189. The van der Waals surface area contributed by atoms with Gasteiger partial charge in [-0.05, 0) is 26.7 Å². The maximum atomic E-state index is 9.51. The van der Waals surface area contributed by atoms with Crippen LogP contribution in [-0.2, 0) is 0 Å². The Hall–Kier alpha value is -0.370. The maximum Gasteiger partial charge on any atom is 0.0763 e. The summed E-state index contributed by atoms with van der Waals surface area (Å²) in [4.78, 5) is 4.38. The molecule has 1 N–H and O–H groups in total. The first-order valence-corrected chi connectivity index (χ1v) is 4.39. The molecule has 0 spiro atoms. The molecule has 1 aliphatic carbocycles. The highest BCUT2D eigenvalue weighted by molar-refractivity contribution is 5.79. The predicted octanol–water partition coefficient (Wildman–Crippen LogP) is 1.77. The fourth-order valence-corrected chi connectivity index (χ4v) is 1.57. The van der Waals surface area contributed by atoms with Crippen LogP contribution in [0, 0.1) is 0 Å². The van der Waals surface area contributed by atoms with Crippen molar-refractivity contribution in [2.24, 2.45) is 4.99 Å². The van der Waals surface area contributed by atoms with Crippen molar-refractivity contribution in [3.05, 3.63) is 0 Å². The summed E-state index contributed by atoms with van der Waals surface area (Å²) in [5, 5.41) is 9.51. The van der Waals surface area contributed by atoms with E-state index >= 15 is 0 Å². The van der Waals surface area contributed by atoms with Crippen molar-refractivity contribution < 1.29 is 5.11 Å². The van der Waals surface area contributed by atoms with Gasteiger partial charge < -0.3 is 5.11 Å². The molecule has 0 heterocycles. The SMILES string of the molecule is CC(C)=N[C@@H]1CCCC[C@H]1O. The molecular formula is C9H17NO. The zero-order chi connectivity index (χ0) is 8.27. The number of hydrogen-bond donors (Lipinski definition) is 1. The lowest BCUT2D eigenvalue weighted by Crippen LogP contribution is -2.28. The van der Waals surface area contributed by atoms with Crippen molar-refractivity contribution in [1.82, 2.24) is 0 Å². The molecule has 2 heteroatoms. The van der Waals surface area contributed by atoms with Crippen LogP contribution in [0.25, 0.3) is 0 Å². The van der Waals surface area contributed by atoms with Gasteiger partial charge in [0, 0.05) is 5.71 Å². The van der Waals surface area contributed by atoms with Gasteiger partial charge in [0.25, 0.3) is 0 Å². The molecule has 1 saturated carbocycles. The number of aliphatic hydroxyl groups is 1. The van der Waals surface area contributed by atoms with E-state index in [2.05, 4.69) is 4.99 Å². The second kappa shape index (κ2) is 3.86. The monoisotopic (exact) mass is 155 g/mol. The number of aliphatic imine (C=N–C) groups is 1. The summed E-state index contributed by atoms with van der Waals surface area (Å²) < 4.78 is 0. The Balaban J connectivity index is 2.48. The lowest BCUT2D eigenvalue weighted by molar-refractivity contribution is 0.109.